The van der Waals surface area contributed by atoms with E-state index in [9.17, 15) is 30.0 Å². The van der Waals surface area contributed by atoms with Crippen molar-refractivity contribution in [3.8, 4) is 0 Å². The fourth-order valence-corrected chi connectivity index (χ4v) is 9.41. The van der Waals surface area contributed by atoms with Gasteiger partial charge in [0.05, 0.1) is 25.7 Å². The second-order valence-electron chi connectivity index (χ2n) is 7.14. The van der Waals surface area contributed by atoms with E-state index >= 15 is 0 Å². The summed E-state index contributed by atoms with van der Waals surface area (Å²) < 4.78 is 82.8. The van der Waals surface area contributed by atoms with Crippen LogP contribution in [0.4, 0.5) is 30.0 Å². The average molecular weight is 556 g/mol. The summed E-state index contributed by atoms with van der Waals surface area (Å²) in [5, 5.41) is 2.98. The predicted molar refractivity (Wildman–Crippen MR) is 126 cm³/mol. The molecule has 204 valence electrons. The quantitative estimate of drug-likeness (QED) is 0.134. The number of rotatable bonds is 14. The second kappa shape index (κ2) is 13.2. The van der Waals surface area contributed by atoms with Gasteiger partial charge in [-0.3, -0.25) is 0 Å². The van der Waals surface area contributed by atoms with E-state index in [2.05, 4.69) is 26.1 Å². The zero-order chi connectivity index (χ0) is 26.6. The Morgan fingerprint density at radius 2 is 1.15 bits per heavy atom. The average Bonchev–Trinajstić information content (AvgIpc) is 2.66. The molecule has 1 N–H and O–H groups in total. The van der Waals surface area contributed by atoms with E-state index in [1.807, 2.05) is 34.6 Å². The number of hydrogen-bond acceptors (Lipinski definition) is 5. The van der Waals surface area contributed by atoms with Crippen molar-refractivity contribution in [2.24, 2.45) is 0 Å². The fourth-order valence-electron chi connectivity index (χ4n) is 3.36. The number of amides is 1. The molecule has 0 bridgehead atoms. The summed E-state index contributed by atoms with van der Waals surface area (Å²) in [4.78, 5) is 12.6. The Bertz CT molecular complexity index is 545. The van der Waals surface area contributed by atoms with Crippen LogP contribution in [0.2, 0.25) is 0 Å². The van der Waals surface area contributed by atoms with Crippen molar-refractivity contribution in [1.29, 1.82) is 0 Å². The maximum atomic E-state index is 12.6. The Labute approximate surface area is 195 Å². The van der Waals surface area contributed by atoms with Crippen molar-refractivity contribution in [1.82, 2.24) is 5.32 Å². The van der Waals surface area contributed by atoms with Crippen LogP contribution in [0.1, 0.15) is 61.8 Å². The van der Waals surface area contributed by atoms with E-state index in [4.69, 9.17) is 18.0 Å². The van der Waals surface area contributed by atoms with Gasteiger partial charge in [0.1, 0.15) is 5.67 Å². The van der Waals surface area contributed by atoms with Crippen LogP contribution in [0.5, 0.6) is 0 Å². The molecule has 0 spiro atoms. The summed E-state index contributed by atoms with van der Waals surface area (Å²) in [5.74, 6) is -0.0534. The minimum atomic E-state index is -10.7. The van der Waals surface area contributed by atoms with Crippen LogP contribution >= 0.6 is 15.1 Å². The molecular formula is C18H41F6NO5P2Si. The molecule has 0 aromatic carbocycles. The molecular weight excluding hydrogens is 514 g/mol. The zero-order valence-electron chi connectivity index (χ0n) is 20.8. The normalized spacial score (nSPS) is 16.5. The molecule has 0 fully saturated rings. The van der Waals surface area contributed by atoms with Gasteiger partial charge < -0.3 is 23.3 Å². The first-order chi connectivity index (χ1) is 14.8. The molecule has 0 saturated heterocycles. The molecule has 0 heterocycles. The summed E-state index contributed by atoms with van der Waals surface area (Å²) in [7, 11) is -14.9. The summed E-state index contributed by atoms with van der Waals surface area (Å²) >= 11 is 0. The first kappa shape index (κ1) is 35.0. The molecule has 1 amide bonds. The van der Waals surface area contributed by atoms with Gasteiger partial charge >= 0.3 is 47.9 Å². The minimum absolute atomic E-state index is 0.0534. The Kier molecular flexibility index (Phi) is 14.0. The van der Waals surface area contributed by atoms with Gasteiger partial charge in [0.2, 0.25) is 5.85 Å². The van der Waals surface area contributed by atoms with Crippen LogP contribution in [-0.4, -0.2) is 64.7 Å². The first-order valence-electron chi connectivity index (χ1n) is 11.1. The van der Waals surface area contributed by atoms with Gasteiger partial charge in [0.25, 0.3) is 0 Å². The zero-order valence-corrected chi connectivity index (χ0v) is 23.6. The van der Waals surface area contributed by atoms with Crippen LogP contribution in [-0.2, 0) is 18.0 Å². The van der Waals surface area contributed by atoms with Crippen molar-refractivity contribution < 1.29 is 48.0 Å². The van der Waals surface area contributed by atoms with E-state index in [0.717, 1.165) is 18.5 Å². The van der Waals surface area contributed by atoms with Crippen molar-refractivity contribution in [3.63, 3.8) is 0 Å². The summed E-state index contributed by atoms with van der Waals surface area (Å²) in [6.07, 6.45) is 3.51. The first-order valence-corrected chi connectivity index (χ1v) is 17.4. The van der Waals surface area contributed by atoms with Gasteiger partial charge in [0.15, 0.2) is 0 Å². The van der Waals surface area contributed by atoms with Crippen molar-refractivity contribution in [2.75, 3.05) is 38.3 Å². The van der Waals surface area contributed by atoms with Crippen molar-refractivity contribution in [2.45, 2.75) is 73.3 Å². The van der Waals surface area contributed by atoms with Crippen LogP contribution in [0.15, 0.2) is 0 Å². The number of halogens is 6. The number of ether oxygens (including phenoxy) is 1. The molecule has 2 unspecified atom stereocenters. The predicted octanol–water partition coefficient (Wildman–Crippen LogP) is 7.88. The molecule has 0 rings (SSSR count). The van der Waals surface area contributed by atoms with Crippen LogP contribution in [0.3, 0.4) is 0 Å². The molecule has 0 radical (unpaired) electrons. The summed E-state index contributed by atoms with van der Waals surface area (Å²) in [6, 6.07) is 0. The van der Waals surface area contributed by atoms with Gasteiger partial charge in [-0.05, 0) is 48.0 Å². The topological polar surface area (TPSA) is 66.0 Å². The van der Waals surface area contributed by atoms with E-state index in [1.165, 1.54) is 0 Å². The van der Waals surface area contributed by atoms with Gasteiger partial charge in [0, 0.05) is 26.7 Å². The van der Waals surface area contributed by atoms with E-state index in [0.29, 0.717) is 26.2 Å². The Hall–Kier alpha value is -0.193. The second-order valence-corrected chi connectivity index (χ2v) is 16.9. The maximum absolute atomic E-state index is 12.6. The Balaban J connectivity index is 0. The molecule has 0 aliphatic carbocycles. The Morgan fingerprint density at radius 3 is 1.39 bits per heavy atom. The molecule has 2 atom stereocenters. The van der Waals surface area contributed by atoms with E-state index in [-0.39, 0.29) is 11.5 Å². The molecule has 0 aliphatic heterocycles. The number of carbonyl (C=O) groups is 1. The standard InChI is InChI=1S/C18H40NO5PSi.F6P/c1-9-17(26(21-10-2,22-11-3)23-12-4)19-18(20)24-16(8)25(13-5,14-6)15-7;1-7(2,3,4,5)6/h16-17H,9-15H2,1-8H3;/q;-1/p+1. The number of nitrogens with one attached hydrogen (secondary N) is 1. The Morgan fingerprint density at radius 1 is 0.818 bits per heavy atom. The summed E-state index contributed by atoms with van der Waals surface area (Å²) in [6.45, 7) is 17.8. The molecule has 0 aliphatic rings. The monoisotopic (exact) mass is 555 g/mol. The summed E-state index contributed by atoms with van der Waals surface area (Å²) in [5.41, 5.74) is -0.320. The fraction of sp³-hybridized carbons (Fsp3) is 0.944. The number of hydrogen-bond donors (Lipinski definition) is 1. The van der Waals surface area contributed by atoms with Crippen LogP contribution < -0.4 is 5.32 Å². The molecule has 0 aromatic rings. The van der Waals surface area contributed by atoms with Crippen LogP contribution in [0.25, 0.3) is 0 Å². The molecule has 0 saturated carbocycles. The van der Waals surface area contributed by atoms with Gasteiger partial charge in [-0.1, -0.05) is 6.92 Å². The molecule has 33 heavy (non-hydrogen) atoms. The van der Waals surface area contributed by atoms with Gasteiger partial charge in [-0.15, -0.1) is 0 Å². The third kappa shape index (κ3) is 15.4. The number of alkyl carbamates (subject to hydrolysis) is 1. The SMILES string of the molecule is CCO[Si](OCC)(OCC)C(CC)NC(=O)OC(C)[P+](CC)(CC)CC.F[P-](F)(F)(F)(F)F. The van der Waals surface area contributed by atoms with E-state index < -0.39 is 30.0 Å². The van der Waals surface area contributed by atoms with Gasteiger partial charge in [-0.25, -0.2) is 4.79 Å². The number of carbonyl (C=O) groups excluding carboxylic acids is 1. The van der Waals surface area contributed by atoms with Crippen molar-refractivity contribution in [3.05, 3.63) is 0 Å². The van der Waals surface area contributed by atoms with E-state index in [1.54, 1.807) is 0 Å². The third-order valence-electron chi connectivity index (χ3n) is 5.10. The molecule has 0 aromatic heterocycles. The molecule has 15 heteroatoms. The molecule has 6 nitrogen and oxygen atoms in total. The van der Waals surface area contributed by atoms with Gasteiger partial charge in [-0.2, -0.15) is 0 Å². The van der Waals surface area contributed by atoms with Crippen LogP contribution in [0, 0.1) is 0 Å². The van der Waals surface area contributed by atoms with Crippen molar-refractivity contribution >= 4 is 30.0 Å². The third-order valence-corrected chi connectivity index (χ3v) is 14.0.